The van der Waals surface area contributed by atoms with E-state index in [0.717, 1.165) is 12.8 Å². The molecule has 4 N–H and O–H groups in total. The van der Waals surface area contributed by atoms with Crippen molar-refractivity contribution in [1.29, 1.82) is 0 Å². The first-order valence-corrected chi connectivity index (χ1v) is 6.67. The molecule has 0 heterocycles. The lowest BCUT2D eigenvalue weighted by Gasteiger charge is -2.27. The number of hydrogen-bond donors (Lipinski definition) is 3. The largest absolute Gasteiger partial charge is 0.369 e. The molecule has 0 aliphatic heterocycles. The summed E-state index contributed by atoms with van der Waals surface area (Å²) in [5.41, 5.74) is 5.80. The molecule has 0 unspecified atom stereocenters. The first-order chi connectivity index (χ1) is 9.54. The highest BCUT2D eigenvalue weighted by Crippen LogP contribution is 2.23. The summed E-state index contributed by atoms with van der Waals surface area (Å²) in [6.07, 6.45) is 2.89. The molecule has 1 aromatic rings. The van der Waals surface area contributed by atoms with Gasteiger partial charge in [-0.05, 0) is 49.9 Å². The Hall–Kier alpha value is -2.11. The maximum Gasteiger partial charge on any atom is 0.319 e. The maximum absolute atomic E-state index is 12.7. The Morgan fingerprint density at radius 2 is 1.70 bits per heavy atom. The summed E-state index contributed by atoms with van der Waals surface area (Å²) in [6, 6.07) is 5.30. The van der Waals surface area contributed by atoms with Gasteiger partial charge in [-0.25, -0.2) is 9.18 Å². The van der Waals surface area contributed by atoms with Crippen LogP contribution in [-0.2, 0) is 4.79 Å². The SMILES string of the molecule is NC(=O)C1CCC(NC(=O)Nc2ccc(F)cc2)CC1. The summed E-state index contributed by atoms with van der Waals surface area (Å²) in [7, 11) is 0. The average molecular weight is 279 g/mol. The lowest BCUT2D eigenvalue weighted by atomic mass is 9.86. The highest BCUT2D eigenvalue weighted by Gasteiger charge is 2.25. The molecule has 1 aliphatic carbocycles. The minimum Gasteiger partial charge on any atom is -0.369 e. The van der Waals surface area contributed by atoms with Gasteiger partial charge < -0.3 is 16.4 Å². The number of amides is 3. The number of carbonyl (C=O) groups is 2. The predicted octanol–water partition coefficient (Wildman–Crippen LogP) is 1.99. The molecule has 0 bridgehead atoms. The van der Waals surface area contributed by atoms with Gasteiger partial charge in [0.25, 0.3) is 0 Å². The van der Waals surface area contributed by atoms with Crippen LogP contribution in [-0.4, -0.2) is 18.0 Å². The zero-order valence-corrected chi connectivity index (χ0v) is 11.1. The zero-order chi connectivity index (χ0) is 14.5. The fourth-order valence-corrected chi connectivity index (χ4v) is 2.41. The van der Waals surface area contributed by atoms with Crippen molar-refractivity contribution in [2.24, 2.45) is 11.7 Å². The molecule has 1 saturated carbocycles. The molecule has 3 amide bonds. The minimum absolute atomic E-state index is 0.0473. The number of urea groups is 1. The van der Waals surface area contributed by atoms with Crippen LogP contribution in [0, 0.1) is 11.7 Å². The second-order valence-corrected chi connectivity index (χ2v) is 5.06. The normalized spacial score (nSPS) is 22.1. The van der Waals surface area contributed by atoms with E-state index in [4.69, 9.17) is 5.73 Å². The van der Waals surface area contributed by atoms with Crippen molar-refractivity contribution in [3.05, 3.63) is 30.1 Å². The van der Waals surface area contributed by atoms with Crippen molar-refractivity contribution in [1.82, 2.24) is 5.32 Å². The van der Waals surface area contributed by atoms with Crippen LogP contribution < -0.4 is 16.4 Å². The third-order valence-electron chi connectivity index (χ3n) is 3.57. The Balaban J connectivity index is 1.78. The van der Waals surface area contributed by atoms with E-state index in [9.17, 15) is 14.0 Å². The highest BCUT2D eigenvalue weighted by molar-refractivity contribution is 5.89. The molecule has 2 rings (SSSR count). The summed E-state index contributed by atoms with van der Waals surface area (Å²) in [5, 5.41) is 5.49. The van der Waals surface area contributed by atoms with Gasteiger partial charge in [0.05, 0.1) is 0 Å². The molecule has 6 heteroatoms. The van der Waals surface area contributed by atoms with Crippen LogP contribution in [0.1, 0.15) is 25.7 Å². The predicted molar refractivity (Wildman–Crippen MR) is 73.5 cm³/mol. The number of anilines is 1. The smallest absolute Gasteiger partial charge is 0.319 e. The van der Waals surface area contributed by atoms with Crippen molar-refractivity contribution < 1.29 is 14.0 Å². The first kappa shape index (κ1) is 14.3. The van der Waals surface area contributed by atoms with Gasteiger partial charge in [0.1, 0.15) is 5.82 Å². The molecular formula is C14H18FN3O2. The topological polar surface area (TPSA) is 84.2 Å². The van der Waals surface area contributed by atoms with Gasteiger partial charge in [0.15, 0.2) is 0 Å². The third kappa shape index (κ3) is 3.94. The van der Waals surface area contributed by atoms with E-state index >= 15 is 0 Å². The fraction of sp³-hybridized carbons (Fsp3) is 0.429. The van der Waals surface area contributed by atoms with Crippen LogP contribution in [0.4, 0.5) is 14.9 Å². The number of nitrogens with one attached hydrogen (secondary N) is 2. The van der Waals surface area contributed by atoms with Gasteiger partial charge >= 0.3 is 6.03 Å². The van der Waals surface area contributed by atoms with Gasteiger partial charge in [-0.15, -0.1) is 0 Å². The minimum atomic E-state index is -0.347. The zero-order valence-electron chi connectivity index (χ0n) is 11.1. The highest BCUT2D eigenvalue weighted by atomic mass is 19.1. The fourth-order valence-electron chi connectivity index (χ4n) is 2.41. The Morgan fingerprint density at radius 1 is 1.10 bits per heavy atom. The van der Waals surface area contributed by atoms with Crippen LogP contribution in [0.2, 0.25) is 0 Å². The Kier molecular flexibility index (Phi) is 4.55. The average Bonchev–Trinajstić information content (AvgIpc) is 2.42. The van der Waals surface area contributed by atoms with Crippen molar-refractivity contribution in [3.63, 3.8) is 0 Å². The first-order valence-electron chi connectivity index (χ1n) is 6.67. The second kappa shape index (κ2) is 6.36. The molecule has 1 fully saturated rings. The van der Waals surface area contributed by atoms with E-state index < -0.39 is 0 Å². The van der Waals surface area contributed by atoms with Crippen LogP contribution in [0.5, 0.6) is 0 Å². The maximum atomic E-state index is 12.7. The van der Waals surface area contributed by atoms with Crippen molar-refractivity contribution in [2.75, 3.05) is 5.32 Å². The number of halogens is 1. The van der Waals surface area contributed by atoms with Crippen LogP contribution in [0.15, 0.2) is 24.3 Å². The molecule has 1 aliphatic rings. The molecule has 0 radical (unpaired) electrons. The number of carbonyl (C=O) groups excluding carboxylic acids is 2. The molecule has 0 aromatic heterocycles. The molecular weight excluding hydrogens is 261 g/mol. The van der Waals surface area contributed by atoms with E-state index in [-0.39, 0.29) is 29.7 Å². The number of benzene rings is 1. The quantitative estimate of drug-likeness (QED) is 0.790. The molecule has 108 valence electrons. The lowest BCUT2D eigenvalue weighted by Crippen LogP contribution is -2.41. The Morgan fingerprint density at radius 3 is 2.25 bits per heavy atom. The van der Waals surface area contributed by atoms with Crippen molar-refractivity contribution in [3.8, 4) is 0 Å². The summed E-state index contributed by atoms with van der Waals surface area (Å²) in [5.74, 6) is -0.687. The summed E-state index contributed by atoms with van der Waals surface area (Å²) < 4.78 is 12.7. The molecule has 1 aromatic carbocycles. The monoisotopic (exact) mass is 279 g/mol. The number of hydrogen-bond acceptors (Lipinski definition) is 2. The molecule has 0 atom stereocenters. The van der Waals surface area contributed by atoms with Crippen LogP contribution in [0.3, 0.4) is 0 Å². The summed E-state index contributed by atoms with van der Waals surface area (Å²) in [4.78, 5) is 22.8. The van der Waals surface area contributed by atoms with E-state index in [2.05, 4.69) is 10.6 Å². The Bertz CT molecular complexity index is 482. The second-order valence-electron chi connectivity index (χ2n) is 5.06. The standard InChI is InChI=1S/C14H18FN3O2/c15-10-3-7-12(8-4-10)18-14(20)17-11-5-1-9(2-6-11)13(16)19/h3-4,7-9,11H,1-2,5-6H2,(H2,16,19)(H2,17,18,20). The third-order valence-corrected chi connectivity index (χ3v) is 3.57. The van der Waals surface area contributed by atoms with E-state index in [1.807, 2.05) is 0 Å². The number of primary amides is 1. The van der Waals surface area contributed by atoms with Crippen LogP contribution in [0.25, 0.3) is 0 Å². The summed E-state index contributed by atoms with van der Waals surface area (Å²) in [6.45, 7) is 0. The van der Waals surface area contributed by atoms with Crippen LogP contribution >= 0.6 is 0 Å². The van der Waals surface area contributed by atoms with Crippen molar-refractivity contribution in [2.45, 2.75) is 31.7 Å². The molecule has 0 saturated heterocycles. The van der Waals surface area contributed by atoms with Gasteiger partial charge in [0, 0.05) is 17.6 Å². The lowest BCUT2D eigenvalue weighted by molar-refractivity contribution is -0.122. The molecule has 5 nitrogen and oxygen atoms in total. The van der Waals surface area contributed by atoms with Gasteiger partial charge in [-0.1, -0.05) is 0 Å². The van der Waals surface area contributed by atoms with E-state index in [0.29, 0.717) is 18.5 Å². The molecule has 0 spiro atoms. The summed E-state index contributed by atoms with van der Waals surface area (Å²) >= 11 is 0. The van der Waals surface area contributed by atoms with Gasteiger partial charge in [0.2, 0.25) is 5.91 Å². The van der Waals surface area contributed by atoms with E-state index in [1.54, 1.807) is 0 Å². The van der Waals surface area contributed by atoms with Crippen molar-refractivity contribution >= 4 is 17.6 Å². The van der Waals surface area contributed by atoms with E-state index in [1.165, 1.54) is 24.3 Å². The number of nitrogens with two attached hydrogens (primary N) is 1. The van der Waals surface area contributed by atoms with Gasteiger partial charge in [-0.2, -0.15) is 0 Å². The molecule has 20 heavy (non-hydrogen) atoms. The van der Waals surface area contributed by atoms with Gasteiger partial charge in [-0.3, -0.25) is 4.79 Å². The Labute approximate surface area is 116 Å². The number of rotatable bonds is 3.